The summed E-state index contributed by atoms with van der Waals surface area (Å²) in [4.78, 5) is 25.8. The molecule has 26 heavy (non-hydrogen) atoms. The van der Waals surface area contributed by atoms with Crippen molar-refractivity contribution in [1.82, 2.24) is 4.90 Å². The Morgan fingerprint density at radius 2 is 1.62 bits per heavy atom. The summed E-state index contributed by atoms with van der Waals surface area (Å²) in [5.41, 5.74) is 1.83. The number of ether oxygens (including phenoxy) is 3. The standard InChI is InChI=1S/C20H23NO5/c1-21(11-10-14-8-9-17(24-2)18(12-14)25-3)19(22)15-6-5-7-16(13-15)20(23)26-4/h5-9,12-13H,10-11H2,1-4H3. The van der Waals surface area contributed by atoms with E-state index in [4.69, 9.17) is 14.2 Å². The number of carbonyl (C=O) groups excluding carboxylic acids is 2. The zero-order valence-corrected chi connectivity index (χ0v) is 15.4. The summed E-state index contributed by atoms with van der Waals surface area (Å²) in [5, 5.41) is 0. The molecule has 0 bridgehead atoms. The molecule has 2 aromatic rings. The first kappa shape index (κ1) is 19.3. The van der Waals surface area contributed by atoms with Gasteiger partial charge in [0.1, 0.15) is 0 Å². The van der Waals surface area contributed by atoms with Crippen LogP contribution >= 0.6 is 0 Å². The Balaban J connectivity index is 2.05. The maximum atomic E-state index is 12.6. The van der Waals surface area contributed by atoms with Gasteiger partial charge in [0.2, 0.25) is 0 Å². The molecule has 0 unspecified atom stereocenters. The number of hydrogen-bond acceptors (Lipinski definition) is 5. The molecule has 0 atom stereocenters. The molecule has 1 amide bonds. The van der Waals surface area contributed by atoms with Crippen molar-refractivity contribution in [2.75, 3.05) is 34.9 Å². The second kappa shape index (κ2) is 8.89. The van der Waals surface area contributed by atoms with Gasteiger partial charge in [0, 0.05) is 19.2 Å². The number of nitrogens with zero attached hydrogens (tertiary/aromatic N) is 1. The predicted molar refractivity (Wildman–Crippen MR) is 98.0 cm³/mol. The van der Waals surface area contributed by atoms with E-state index in [9.17, 15) is 9.59 Å². The van der Waals surface area contributed by atoms with E-state index in [0.717, 1.165) is 5.56 Å². The second-order valence-corrected chi connectivity index (χ2v) is 5.74. The lowest BCUT2D eigenvalue weighted by atomic mass is 10.1. The minimum Gasteiger partial charge on any atom is -0.493 e. The van der Waals surface area contributed by atoms with Crippen molar-refractivity contribution in [3.63, 3.8) is 0 Å². The van der Waals surface area contributed by atoms with E-state index in [1.54, 1.807) is 50.4 Å². The molecule has 0 heterocycles. The number of likely N-dealkylation sites (N-methyl/N-ethyl adjacent to an activating group) is 1. The van der Waals surface area contributed by atoms with Crippen LogP contribution in [0.3, 0.4) is 0 Å². The first-order valence-corrected chi connectivity index (χ1v) is 8.15. The summed E-state index contributed by atoms with van der Waals surface area (Å²) >= 11 is 0. The predicted octanol–water partition coefficient (Wildman–Crippen LogP) is 2.81. The van der Waals surface area contributed by atoms with E-state index >= 15 is 0 Å². The molecule has 138 valence electrons. The van der Waals surface area contributed by atoms with Crippen molar-refractivity contribution in [3.8, 4) is 11.5 Å². The van der Waals surface area contributed by atoms with Crippen LogP contribution in [0.2, 0.25) is 0 Å². The minimum absolute atomic E-state index is 0.156. The maximum absolute atomic E-state index is 12.6. The number of methoxy groups -OCH3 is 3. The van der Waals surface area contributed by atoms with Gasteiger partial charge in [-0.1, -0.05) is 12.1 Å². The van der Waals surface area contributed by atoms with Crippen LogP contribution in [-0.4, -0.2) is 51.7 Å². The lowest BCUT2D eigenvalue weighted by Crippen LogP contribution is -2.29. The van der Waals surface area contributed by atoms with Gasteiger partial charge in [0.05, 0.1) is 26.9 Å². The van der Waals surface area contributed by atoms with Gasteiger partial charge in [0.15, 0.2) is 11.5 Å². The highest BCUT2D eigenvalue weighted by Gasteiger charge is 2.15. The van der Waals surface area contributed by atoms with Crippen molar-refractivity contribution in [1.29, 1.82) is 0 Å². The third-order valence-electron chi connectivity index (χ3n) is 4.06. The molecule has 6 nitrogen and oxygen atoms in total. The number of carbonyl (C=O) groups is 2. The van der Waals surface area contributed by atoms with Gasteiger partial charge in [-0.15, -0.1) is 0 Å². The lowest BCUT2D eigenvalue weighted by Gasteiger charge is -2.18. The van der Waals surface area contributed by atoms with E-state index in [-0.39, 0.29) is 5.91 Å². The highest BCUT2D eigenvalue weighted by atomic mass is 16.5. The van der Waals surface area contributed by atoms with Crippen LogP contribution < -0.4 is 9.47 Å². The molecule has 2 rings (SSSR count). The van der Waals surface area contributed by atoms with Crippen molar-refractivity contribution in [3.05, 3.63) is 59.2 Å². The van der Waals surface area contributed by atoms with E-state index in [2.05, 4.69) is 0 Å². The Kier molecular flexibility index (Phi) is 6.60. The molecule has 0 fully saturated rings. The topological polar surface area (TPSA) is 65.1 Å². The zero-order chi connectivity index (χ0) is 19.1. The maximum Gasteiger partial charge on any atom is 0.337 e. The molecule has 0 aromatic heterocycles. The van der Waals surface area contributed by atoms with Crippen LogP contribution in [0.5, 0.6) is 11.5 Å². The summed E-state index contributed by atoms with van der Waals surface area (Å²) in [6, 6.07) is 12.2. The Bertz CT molecular complexity index is 788. The van der Waals surface area contributed by atoms with E-state index in [0.29, 0.717) is 35.6 Å². The largest absolute Gasteiger partial charge is 0.493 e. The third kappa shape index (κ3) is 4.53. The summed E-state index contributed by atoms with van der Waals surface area (Å²) in [6.45, 7) is 0.525. The fourth-order valence-corrected chi connectivity index (χ4v) is 2.55. The molecule has 0 aliphatic carbocycles. The average molecular weight is 357 g/mol. The van der Waals surface area contributed by atoms with Gasteiger partial charge in [-0.25, -0.2) is 4.79 Å². The average Bonchev–Trinajstić information content (AvgIpc) is 2.70. The smallest absolute Gasteiger partial charge is 0.337 e. The lowest BCUT2D eigenvalue weighted by molar-refractivity contribution is 0.0600. The normalized spacial score (nSPS) is 10.2. The zero-order valence-electron chi connectivity index (χ0n) is 15.4. The van der Waals surface area contributed by atoms with E-state index in [1.807, 2.05) is 18.2 Å². The summed E-state index contributed by atoms with van der Waals surface area (Å²) in [5.74, 6) is 0.703. The quantitative estimate of drug-likeness (QED) is 0.713. The molecule has 0 aliphatic heterocycles. The number of hydrogen-bond donors (Lipinski definition) is 0. The van der Waals surface area contributed by atoms with Crippen LogP contribution in [0.25, 0.3) is 0 Å². The van der Waals surface area contributed by atoms with Gasteiger partial charge < -0.3 is 19.1 Å². The van der Waals surface area contributed by atoms with Gasteiger partial charge in [-0.05, 0) is 42.3 Å². The Morgan fingerprint density at radius 1 is 0.923 bits per heavy atom. The third-order valence-corrected chi connectivity index (χ3v) is 4.06. The highest BCUT2D eigenvalue weighted by molar-refractivity contribution is 5.97. The van der Waals surface area contributed by atoms with Crippen LogP contribution in [0.15, 0.2) is 42.5 Å². The van der Waals surface area contributed by atoms with Crippen molar-refractivity contribution in [2.45, 2.75) is 6.42 Å². The molecule has 0 saturated heterocycles. The van der Waals surface area contributed by atoms with E-state index < -0.39 is 5.97 Å². The van der Waals surface area contributed by atoms with Gasteiger partial charge >= 0.3 is 5.97 Å². The number of benzene rings is 2. The molecular weight excluding hydrogens is 334 g/mol. The van der Waals surface area contributed by atoms with Gasteiger partial charge in [-0.3, -0.25) is 4.79 Å². The van der Waals surface area contributed by atoms with Crippen molar-refractivity contribution < 1.29 is 23.8 Å². The molecule has 0 aliphatic rings. The molecule has 0 N–H and O–H groups in total. The fourth-order valence-electron chi connectivity index (χ4n) is 2.55. The van der Waals surface area contributed by atoms with Crippen molar-refractivity contribution in [2.24, 2.45) is 0 Å². The molecule has 2 aromatic carbocycles. The van der Waals surface area contributed by atoms with Gasteiger partial charge in [-0.2, -0.15) is 0 Å². The number of amides is 1. The number of rotatable bonds is 7. The van der Waals surface area contributed by atoms with Crippen LogP contribution in [0.4, 0.5) is 0 Å². The van der Waals surface area contributed by atoms with Crippen molar-refractivity contribution >= 4 is 11.9 Å². The van der Waals surface area contributed by atoms with Crippen LogP contribution in [-0.2, 0) is 11.2 Å². The van der Waals surface area contributed by atoms with Gasteiger partial charge in [0.25, 0.3) is 5.91 Å². The molecule has 6 heteroatoms. The number of esters is 1. The second-order valence-electron chi connectivity index (χ2n) is 5.74. The Hall–Kier alpha value is -3.02. The highest BCUT2D eigenvalue weighted by Crippen LogP contribution is 2.27. The fraction of sp³-hybridized carbons (Fsp3) is 0.300. The molecule has 0 radical (unpaired) electrons. The van der Waals surface area contributed by atoms with Crippen LogP contribution in [0, 0.1) is 0 Å². The van der Waals surface area contributed by atoms with E-state index in [1.165, 1.54) is 7.11 Å². The van der Waals surface area contributed by atoms with Crippen LogP contribution in [0.1, 0.15) is 26.3 Å². The summed E-state index contributed by atoms with van der Waals surface area (Å²) in [6.07, 6.45) is 0.666. The molecule has 0 saturated carbocycles. The SMILES string of the molecule is COC(=O)c1cccc(C(=O)N(C)CCc2ccc(OC)c(OC)c2)c1. The molecular formula is C20H23NO5. The first-order valence-electron chi connectivity index (χ1n) is 8.15. The Morgan fingerprint density at radius 3 is 2.27 bits per heavy atom. The summed E-state index contributed by atoms with van der Waals surface area (Å²) in [7, 11) is 6.22. The minimum atomic E-state index is -0.465. The first-order chi connectivity index (χ1) is 12.5. The molecule has 0 spiro atoms. The summed E-state index contributed by atoms with van der Waals surface area (Å²) < 4.78 is 15.2. The monoisotopic (exact) mass is 357 g/mol. The Labute approximate surface area is 153 Å².